The molecule has 2 aromatic rings. The maximum Gasteiger partial charge on any atom is 0.222 e. The first kappa shape index (κ1) is 14.8. The van der Waals surface area contributed by atoms with Gasteiger partial charge >= 0.3 is 0 Å². The van der Waals surface area contributed by atoms with Gasteiger partial charge in [0.05, 0.1) is 12.2 Å². The molecule has 6 nitrogen and oxygen atoms in total. The van der Waals surface area contributed by atoms with Crippen LogP contribution in [0.5, 0.6) is 0 Å². The van der Waals surface area contributed by atoms with E-state index in [2.05, 4.69) is 20.8 Å². The summed E-state index contributed by atoms with van der Waals surface area (Å²) in [4.78, 5) is 18.5. The van der Waals surface area contributed by atoms with Gasteiger partial charge < -0.3 is 9.47 Å². The van der Waals surface area contributed by atoms with Crippen molar-refractivity contribution in [2.45, 2.75) is 45.7 Å². The monoisotopic (exact) mass is 301 g/mol. The number of carbonyl (C=O) groups is 1. The van der Waals surface area contributed by atoms with Crippen molar-refractivity contribution >= 4 is 5.91 Å². The van der Waals surface area contributed by atoms with Crippen LogP contribution in [0.2, 0.25) is 0 Å². The Kier molecular flexibility index (Phi) is 4.27. The van der Waals surface area contributed by atoms with Crippen molar-refractivity contribution in [1.82, 2.24) is 24.2 Å². The second-order valence-electron chi connectivity index (χ2n) is 6.05. The van der Waals surface area contributed by atoms with Gasteiger partial charge in [-0.25, -0.2) is 4.98 Å². The van der Waals surface area contributed by atoms with E-state index < -0.39 is 0 Å². The van der Waals surface area contributed by atoms with Crippen molar-refractivity contribution < 1.29 is 4.79 Å². The minimum atomic E-state index is 0.254. The number of amides is 1. The highest BCUT2D eigenvalue weighted by Gasteiger charge is 2.27. The minimum absolute atomic E-state index is 0.254. The smallest absolute Gasteiger partial charge is 0.222 e. The number of aromatic nitrogens is 4. The molecule has 0 N–H and O–H groups in total. The van der Waals surface area contributed by atoms with Gasteiger partial charge in [-0.15, -0.1) is 0 Å². The molecule has 0 saturated carbocycles. The minimum Gasteiger partial charge on any atom is -0.340 e. The second-order valence-corrected chi connectivity index (χ2v) is 6.05. The Balaban J connectivity index is 1.46. The average Bonchev–Trinajstić information content (AvgIpc) is 3.20. The van der Waals surface area contributed by atoms with E-state index in [-0.39, 0.29) is 5.91 Å². The third-order valence-electron chi connectivity index (χ3n) is 4.33. The summed E-state index contributed by atoms with van der Waals surface area (Å²) in [5.74, 6) is 1.26. The van der Waals surface area contributed by atoms with Crippen molar-refractivity contribution in [2.75, 3.05) is 13.1 Å². The molecule has 1 amide bonds. The zero-order valence-electron chi connectivity index (χ0n) is 13.3. The Hall–Kier alpha value is -2.11. The van der Waals surface area contributed by atoms with Crippen molar-refractivity contribution in [3.63, 3.8) is 0 Å². The summed E-state index contributed by atoms with van der Waals surface area (Å²) in [6.45, 7) is 6.50. The number of carbonyl (C=O) groups excluding carboxylic acids is 1. The molecule has 22 heavy (non-hydrogen) atoms. The predicted octanol–water partition coefficient (Wildman–Crippen LogP) is 1.95. The van der Waals surface area contributed by atoms with E-state index in [0.29, 0.717) is 12.5 Å². The average molecular weight is 301 g/mol. The van der Waals surface area contributed by atoms with E-state index in [0.717, 1.165) is 38.3 Å². The van der Waals surface area contributed by atoms with Gasteiger partial charge in [-0.05, 0) is 32.3 Å². The number of rotatable bonds is 5. The molecule has 1 atom stereocenters. The van der Waals surface area contributed by atoms with Crippen molar-refractivity contribution in [2.24, 2.45) is 0 Å². The van der Waals surface area contributed by atoms with Crippen LogP contribution in [-0.4, -0.2) is 43.2 Å². The zero-order valence-corrected chi connectivity index (χ0v) is 13.3. The molecule has 1 saturated heterocycles. The van der Waals surface area contributed by atoms with Crippen LogP contribution in [0.25, 0.3) is 0 Å². The number of imidazole rings is 1. The Morgan fingerprint density at radius 2 is 2.27 bits per heavy atom. The van der Waals surface area contributed by atoms with Crippen LogP contribution in [0.1, 0.15) is 36.7 Å². The number of aryl methyl sites for hydroxylation is 3. The number of hydrogen-bond acceptors (Lipinski definition) is 3. The molecule has 118 valence electrons. The molecular weight excluding hydrogens is 278 g/mol. The topological polar surface area (TPSA) is 56.0 Å². The van der Waals surface area contributed by atoms with Crippen molar-refractivity contribution in [3.05, 3.63) is 36.2 Å². The first-order valence-electron chi connectivity index (χ1n) is 7.90. The molecule has 0 aromatic carbocycles. The SMILES string of the molecule is Cc1cnn(C2CCN(C(=O)CCCn3ccnc3C)C2)c1. The summed E-state index contributed by atoms with van der Waals surface area (Å²) in [6.07, 6.45) is 10.1. The van der Waals surface area contributed by atoms with Gasteiger partial charge in [-0.1, -0.05) is 0 Å². The maximum atomic E-state index is 12.3. The molecule has 1 unspecified atom stereocenters. The van der Waals surface area contributed by atoms with E-state index in [9.17, 15) is 4.79 Å². The molecule has 0 aliphatic carbocycles. The van der Waals surface area contributed by atoms with Crippen LogP contribution in [0.3, 0.4) is 0 Å². The lowest BCUT2D eigenvalue weighted by molar-refractivity contribution is -0.130. The lowest BCUT2D eigenvalue weighted by atomic mass is 10.2. The molecular formula is C16H23N5O. The summed E-state index contributed by atoms with van der Waals surface area (Å²) >= 11 is 0. The van der Waals surface area contributed by atoms with Crippen molar-refractivity contribution in [1.29, 1.82) is 0 Å². The van der Waals surface area contributed by atoms with E-state index in [1.807, 2.05) is 35.8 Å². The van der Waals surface area contributed by atoms with Crippen LogP contribution in [0.4, 0.5) is 0 Å². The third kappa shape index (κ3) is 3.21. The molecule has 0 spiro atoms. The number of likely N-dealkylation sites (tertiary alicyclic amines) is 1. The first-order valence-corrected chi connectivity index (χ1v) is 7.90. The van der Waals surface area contributed by atoms with Gasteiger partial charge in [0.25, 0.3) is 0 Å². The predicted molar refractivity (Wildman–Crippen MR) is 83.4 cm³/mol. The van der Waals surface area contributed by atoms with Crippen LogP contribution in [0.15, 0.2) is 24.8 Å². The highest BCUT2D eigenvalue weighted by molar-refractivity contribution is 5.76. The molecule has 1 fully saturated rings. The van der Waals surface area contributed by atoms with Crippen LogP contribution < -0.4 is 0 Å². The van der Waals surface area contributed by atoms with Crippen LogP contribution in [-0.2, 0) is 11.3 Å². The quantitative estimate of drug-likeness (QED) is 0.848. The normalized spacial score (nSPS) is 18.1. The Bertz CT molecular complexity index is 645. The Morgan fingerprint density at radius 1 is 1.41 bits per heavy atom. The number of nitrogens with zero attached hydrogens (tertiary/aromatic N) is 5. The van der Waals surface area contributed by atoms with Crippen LogP contribution in [0, 0.1) is 13.8 Å². The van der Waals surface area contributed by atoms with E-state index in [1.165, 1.54) is 5.56 Å². The lowest BCUT2D eigenvalue weighted by Crippen LogP contribution is -2.29. The molecule has 2 aromatic heterocycles. The molecule has 6 heteroatoms. The highest BCUT2D eigenvalue weighted by atomic mass is 16.2. The number of hydrogen-bond donors (Lipinski definition) is 0. The van der Waals surface area contributed by atoms with E-state index in [4.69, 9.17) is 0 Å². The van der Waals surface area contributed by atoms with Gasteiger partial charge in [0.2, 0.25) is 5.91 Å². The molecule has 0 radical (unpaired) electrons. The van der Waals surface area contributed by atoms with Gasteiger partial charge in [-0.2, -0.15) is 5.10 Å². The Morgan fingerprint density at radius 3 is 2.95 bits per heavy atom. The lowest BCUT2D eigenvalue weighted by Gasteiger charge is -2.17. The van der Waals surface area contributed by atoms with Gasteiger partial charge in [-0.3, -0.25) is 9.48 Å². The molecule has 3 rings (SSSR count). The highest BCUT2D eigenvalue weighted by Crippen LogP contribution is 2.22. The van der Waals surface area contributed by atoms with Gasteiger partial charge in [0.15, 0.2) is 0 Å². The standard InChI is InChI=1S/C16H23N5O/c1-13-10-18-21(11-13)15-5-8-20(12-15)16(22)4-3-7-19-9-6-17-14(19)2/h6,9-11,15H,3-5,7-8,12H2,1-2H3. The Labute approximate surface area is 130 Å². The fourth-order valence-corrected chi connectivity index (χ4v) is 3.02. The van der Waals surface area contributed by atoms with Gasteiger partial charge in [0, 0.05) is 44.6 Å². The molecule has 1 aliphatic rings. The molecule has 1 aliphatic heterocycles. The summed E-state index contributed by atoms with van der Waals surface area (Å²) in [5.41, 5.74) is 1.17. The summed E-state index contributed by atoms with van der Waals surface area (Å²) in [6, 6.07) is 0.327. The van der Waals surface area contributed by atoms with E-state index in [1.54, 1.807) is 6.20 Å². The molecule has 3 heterocycles. The van der Waals surface area contributed by atoms with Crippen molar-refractivity contribution in [3.8, 4) is 0 Å². The fraction of sp³-hybridized carbons (Fsp3) is 0.562. The summed E-state index contributed by atoms with van der Waals surface area (Å²) < 4.78 is 4.09. The third-order valence-corrected chi connectivity index (χ3v) is 4.33. The second kappa shape index (κ2) is 6.34. The molecule has 0 bridgehead atoms. The van der Waals surface area contributed by atoms with E-state index >= 15 is 0 Å². The maximum absolute atomic E-state index is 12.3. The van der Waals surface area contributed by atoms with Gasteiger partial charge in [0.1, 0.15) is 5.82 Å². The summed E-state index contributed by atoms with van der Waals surface area (Å²) in [5, 5.41) is 4.37. The zero-order chi connectivity index (χ0) is 15.5. The largest absolute Gasteiger partial charge is 0.340 e. The fourth-order valence-electron chi connectivity index (χ4n) is 3.02. The first-order chi connectivity index (χ1) is 10.6. The summed E-state index contributed by atoms with van der Waals surface area (Å²) in [7, 11) is 0. The van der Waals surface area contributed by atoms with Crippen LogP contribution >= 0.6 is 0 Å².